The highest BCUT2D eigenvalue weighted by Crippen LogP contribution is 2.47. The van der Waals surface area contributed by atoms with E-state index in [1.165, 1.54) is 22.3 Å². The molecule has 15 aromatic rings. The van der Waals surface area contributed by atoms with Crippen molar-refractivity contribution in [2.45, 2.75) is 66.2 Å². The molecule has 15 rings (SSSR count). The van der Waals surface area contributed by atoms with Gasteiger partial charge in [-0.15, -0.1) is 0 Å². The van der Waals surface area contributed by atoms with Crippen molar-refractivity contribution in [3.05, 3.63) is 216 Å². The van der Waals surface area contributed by atoms with Gasteiger partial charge in [0, 0.05) is 99.1 Å². The first-order valence-electron chi connectivity index (χ1n) is 27.0. The second-order valence-corrected chi connectivity index (χ2v) is 23.5. The summed E-state index contributed by atoms with van der Waals surface area (Å²) in [7, 11) is 0. The summed E-state index contributed by atoms with van der Waals surface area (Å²) in [5.41, 5.74) is 17.9. The van der Waals surface area contributed by atoms with Crippen LogP contribution >= 0.6 is 0 Å². The molecule has 0 atom stereocenters. The maximum absolute atomic E-state index is 7.02. The van der Waals surface area contributed by atoms with Gasteiger partial charge in [-0.1, -0.05) is 125 Å². The Morgan fingerprint density at radius 2 is 0.603 bits per heavy atom. The Balaban J connectivity index is 0.832. The molecule has 0 spiro atoms. The number of nitrogens with zero attached hydrogens (tertiary/aromatic N) is 2. The molecular weight excluding hydrogens is 957 g/mol. The van der Waals surface area contributed by atoms with E-state index in [0.29, 0.717) is 0 Å². The van der Waals surface area contributed by atoms with Crippen LogP contribution in [0, 0.1) is 13.8 Å². The summed E-state index contributed by atoms with van der Waals surface area (Å²) in [6, 6.07) is 70.2. The number of aryl methyl sites for hydroxylation is 2. The topological polar surface area (TPSA) is 59.0 Å². The Labute approximate surface area is 451 Å². The highest BCUT2D eigenvalue weighted by molar-refractivity contribution is 6.25. The van der Waals surface area contributed by atoms with Gasteiger partial charge in [0.2, 0.25) is 0 Å². The molecule has 0 aliphatic rings. The van der Waals surface area contributed by atoms with Crippen molar-refractivity contribution in [1.29, 1.82) is 0 Å². The fourth-order valence-corrected chi connectivity index (χ4v) is 12.2. The number of anilines is 6. The monoisotopic (exact) mass is 1010 g/mol. The summed E-state index contributed by atoms with van der Waals surface area (Å²) in [5, 5.41) is 12.8. The van der Waals surface area contributed by atoms with Crippen molar-refractivity contribution in [2.24, 2.45) is 0 Å². The number of hydrogen-bond acceptors (Lipinski definition) is 6. The Hall–Kier alpha value is -9.26. The third-order valence-electron chi connectivity index (χ3n) is 16.2. The Bertz CT molecular complexity index is 4640. The molecule has 0 fully saturated rings. The van der Waals surface area contributed by atoms with Crippen LogP contribution in [0.4, 0.5) is 34.1 Å². The van der Waals surface area contributed by atoms with Crippen LogP contribution < -0.4 is 9.80 Å². The molecule has 0 amide bonds. The summed E-state index contributed by atoms with van der Waals surface area (Å²) in [4.78, 5) is 4.67. The predicted octanol–water partition coefficient (Wildman–Crippen LogP) is 21.7. The fourth-order valence-electron chi connectivity index (χ4n) is 12.2. The maximum atomic E-state index is 7.02. The molecule has 11 aromatic carbocycles. The molecule has 0 bridgehead atoms. The lowest BCUT2D eigenvalue weighted by atomic mass is 9.86. The van der Waals surface area contributed by atoms with Crippen molar-refractivity contribution in [1.82, 2.24) is 0 Å². The fraction of sp³-hybridized carbons (Fsp3) is 0.139. The Morgan fingerprint density at radius 1 is 0.269 bits per heavy atom. The minimum atomic E-state index is -0.0568. The Kier molecular flexibility index (Phi) is 9.82. The summed E-state index contributed by atoms with van der Waals surface area (Å²) in [5.74, 6) is 0. The van der Waals surface area contributed by atoms with Crippen LogP contribution in [0.1, 0.15) is 63.8 Å². The van der Waals surface area contributed by atoms with E-state index >= 15 is 0 Å². The number of rotatable bonds is 6. The molecule has 378 valence electrons. The number of furan rings is 4. The molecule has 0 saturated carbocycles. The number of para-hydroxylation sites is 2. The van der Waals surface area contributed by atoms with Gasteiger partial charge in [0.05, 0.1) is 0 Å². The first-order valence-corrected chi connectivity index (χ1v) is 27.0. The molecule has 0 N–H and O–H groups in total. The minimum Gasteiger partial charge on any atom is -0.456 e. The van der Waals surface area contributed by atoms with Crippen molar-refractivity contribution < 1.29 is 17.7 Å². The largest absolute Gasteiger partial charge is 0.456 e. The van der Waals surface area contributed by atoms with Crippen LogP contribution in [-0.4, -0.2) is 0 Å². The molecular formula is C72H56N2O4. The van der Waals surface area contributed by atoms with Crippen molar-refractivity contribution in [3.8, 4) is 0 Å². The first kappa shape index (κ1) is 46.1. The van der Waals surface area contributed by atoms with E-state index in [9.17, 15) is 0 Å². The average Bonchev–Trinajstić information content (AvgIpc) is 4.41. The lowest BCUT2D eigenvalue weighted by molar-refractivity contribution is 0.572. The molecule has 0 aliphatic carbocycles. The zero-order valence-electron chi connectivity index (χ0n) is 45.0. The van der Waals surface area contributed by atoms with Crippen molar-refractivity contribution in [2.75, 3.05) is 9.80 Å². The van der Waals surface area contributed by atoms with E-state index in [4.69, 9.17) is 17.7 Å². The third kappa shape index (κ3) is 7.09. The van der Waals surface area contributed by atoms with E-state index in [1.807, 2.05) is 0 Å². The number of hydrogen-bond donors (Lipinski definition) is 0. The van der Waals surface area contributed by atoms with Gasteiger partial charge in [0.15, 0.2) is 11.2 Å². The van der Waals surface area contributed by atoms with Gasteiger partial charge in [0.25, 0.3) is 0 Å². The van der Waals surface area contributed by atoms with Crippen LogP contribution in [0.5, 0.6) is 0 Å². The molecule has 0 unspecified atom stereocenters. The molecule has 0 radical (unpaired) electrons. The van der Waals surface area contributed by atoms with Crippen LogP contribution in [0.15, 0.2) is 212 Å². The average molecular weight is 1010 g/mol. The quantitative estimate of drug-likeness (QED) is 0.165. The van der Waals surface area contributed by atoms with E-state index in [-0.39, 0.29) is 10.8 Å². The summed E-state index contributed by atoms with van der Waals surface area (Å²) < 4.78 is 27.2. The SMILES string of the molecule is Cc1ccc(N(c2ccc3c(ccc4c5ccc6c7ccc8cc(N(c9ccc(C)cc9)c9ccc%10oc%11c(C(C)(C)C)cccc%11c%10c9)ccc8c7oc6c5oc34)c2)c2ccc3oc4c(C(C)(C)C)cccc4c3c2)cc1. The van der Waals surface area contributed by atoms with Crippen LogP contribution in [-0.2, 0) is 10.8 Å². The zero-order chi connectivity index (χ0) is 52.9. The van der Waals surface area contributed by atoms with Gasteiger partial charge >= 0.3 is 0 Å². The number of benzene rings is 11. The Morgan fingerprint density at radius 3 is 1.01 bits per heavy atom. The number of fused-ring (bicyclic) bond motifs is 17. The van der Waals surface area contributed by atoms with Crippen LogP contribution in [0.2, 0.25) is 0 Å². The second-order valence-electron chi connectivity index (χ2n) is 23.5. The minimum absolute atomic E-state index is 0.0568. The first-order chi connectivity index (χ1) is 37.7. The highest BCUT2D eigenvalue weighted by Gasteiger charge is 2.26. The lowest BCUT2D eigenvalue weighted by Crippen LogP contribution is -2.11. The third-order valence-corrected chi connectivity index (χ3v) is 16.2. The van der Waals surface area contributed by atoms with Gasteiger partial charge in [0.1, 0.15) is 33.5 Å². The van der Waals surface area contributed by atoms with Crippen LogP contribution in [0.3, 0.4) is 0 Å². The summed E-state index contributed by atoms with van der Waals surface area (Å²) >= 11 is 0. The van der Waals surface area contributed by atoms with Crippen molar-refractivity contribution >= 4 is 143 Å². The summed E-state index contributed by atoms with van der Waals surface area (Å²) in [6.45, 7) is 17.7. The van der Waals surface area contributed by atoms with E-state index in [2.05, 4.69) is 259 Å². The molecule has 6 heteroatoms. The van der Waals surface area contributed by atoms with Gasteiger partial charge in [-0.25, -0.2) is 0 Å². The lowest BCUT2D eigenvalue weighted by Gasteiger charge is -2.26. The normalized spacial score (nSPS) is 12.6. The van der Waals surface area contributed by atoms with Crippen molar-refractivity contribution in [3.63, 3.8) is 0 Å². The summed E-state index contributed by atoms with van der Waals surface area (Å²) in [6.07, 6.45) is 0. The van der Waals surface area contributed by atoms with E-state index in [0.717, 1.165) is 143 Å². The molecule has 0 aliphatic heterocycles. The molecule has 4 aromatic heterocycles. The van der Waals surface area contributed by atoms with E-state index in [1.54, 1.807) is 0 Å². The molecule has 6 nitrogen and oxygen atoms in total. The van der Waals surface area contributed by atoms with Crippen LogP contribution in [0.25, 0.3) is 109 Å². The van der Waals surface area contributed by atoms with E-state index < -0.39 is 0 Å². The molecule has 78 heavy (non-hydrogen) atoms. The van der Waals surface area contributed by atoms with Gasteiger partial charge < -0.3 is 27.5 Å². The predicted molar refractivity (Wildman–Crippen MR) is 327 cm³/mol. The smallest absolute Gasteiger partial charge is 0.178 e. The van der Waals surface area contributed by atoms with Gasteiger partial charge in [-0.3, -0.25) is 0 Å². The highest BCUT2D eigenvalue weighted by atomic mass is 16.4. The maximum Gasteiger partial charge on any atom is 0.178 e. The second kappa shape index (κ2) is 16.6. The standard InChI is InChI=1S/C72H56N2O4/c1-41-15-21-45(22-16-41)73(49-27-35-63-59(39-49)53-11-9-13-61(67(53)75-63)71(3,4)5)47-25-31-51-43(37-47)19-29-55-57-33-34-58-56-30-20-44-38-48(26-32-52(44)66(56)78-70(58)69(57)77-65(51)55)74(46-23-17-42(2)18-24-46)50-28-36-64-60(40-50)54-12-10-14-62(68(54)76-64)72(6,7)8/h9-40H,1-8H3. The van der Waals surface area contributed by atoms with Gasteiger partial charge in [-0.05, 0) is 157 Å². The molecule has 0 saturated heterocycles. The zero-order valence-corrected chi connectivity index (χ0v) is 45.0. The van der Waals surface area contributed by atoms with Gasteiger partial charge in [-0.2, -0.15) is 0 Å². The molecule has 4 heterocycles.